The molecule has 0 saturated heterocycles. The molecule has 1 aliphatic rings. The number of rotatable bonds is 5. The van der Waals surface area contributed by atoms with E-state index in [1.54, 1.807) is 12.5 Å². The number of hydrogen-bond acceptors (Lipinski definition) is 3. The van der Waals surface area contributed by atoms with Crippen LogP contribution in [0.1, 0.15) is 23.2 Å². The van der Waals surface area contributed by atoms with Crippen molar-refractivity contribution in [2.45, 2.75) is 19.3 Å². The number of hydrogen-bond donors (Lipinski definition) is 2. The molecule has 0 saturated carbocycles. The number of nitrogens with one attached hydrogen (secondary N) is 1. The van der Waals surface area contributed by atoms with Gasteiger partial charge in [0.2, 0.25) is 0 Å². The summed E-state index contributed by atoms with van der Waals surface area (Å²) in [6.45, 7) is -0.292. The second kappa shape index (κ2) is 6.47. The van der Waals surface area contributed by atoms with Crippen molar-refractivity contribution in [3.63, 3.8) is 0 Å². The Morgan fingerprint density at radius 1 is 1.50 bits per heavy atom. The van der Waals surface area contributed by atoms with Crippen LogP contribution in [0.25, 0.3) is 6.08 Å². The van der Waals surface area contributed by atoms with Crippen LogP contribution in [0.3, 0.4) is 0 Å². The third-order valence-electron chi connectivity index (χ3n) is 3.90. The van der Waals surface area contributed by atoms with Crippen molar-refractivity contribution in [1.82, 2.24) is 9.97 Å². The molecule has 22 heavy (non-hydrogen) atoms. The molecule has 2 N–H and O–H groups in total. The van der Waals surface area contributed by atoms with E-state index in [1.807, 2.05) is 12.1 Å². The Hall–Kier alpha value is -2.56. The van der Waals surface area contributed by atoms with Gasteiger partial charge in [-0.1, -0.05) is 18.2 Å². The lowest BCUT2D eigenvalue weighted by molar-refractivity contribution is -0.139. The summed E-state index contributed by atoms with van der Waals surface area (Å²) in [7, 11) is 0. The first-order valence-corrected chi connectivity index (χ1v) is 7.34. The molecule has 114 valence electrons. The molecule has 2 aromatic rings. The summed E-state index contributed by atoms with van der Waals surface area (Å²) < 4.78 is 5.39. The van der Waals surface area contributed by atoms with Crippen molar-refractivity contribution in [3.05, 3.63) is 53.6 Å². The highest BCUT2D eigenvalue weighted by Gasteiger charge is 2.20. The van der Waals surface area contributed by atoms with Crippen LogP contribution in [-0.4, -0.2) is 27.7 Å². The highest BCUT2D eigenvalue weighted by Crippen LogP contribution is 2.32. The summed E-state index contributed by atoms with van der Waals surface area (Å²) in [5.74, 6) is 0.232. The predicted molar refractivity (Wildman–Crippen MR) is 82.7 cm³/mol. The fourth-order valence-electron chi connectivity index (χ4n) is 2.84. The fourth-order valence-corrected chi connectivity index (χ4v) is 2.84. The van der Waals surface area contributed by atoms with Gasteiger partial charge in [-0.2, -0.15) is 0 Å². The van der Waals surface area contributed by atoms with Crippen molar-refractivity contribution < 1.29 is 14.6 Å². The molecule has 0 spiro atoms. The van der Waals surface area contributed by atoms with E-state index in [2.05, 4.69) is 28.2 Å². The number of carbonyl (C=O) groups is 1. The summed E-state index contributed by atoms with van der Waals surface area (Å²) >= 11 is 0. The molecule has 1 aliphatic carbocycles. The topological polar surface area (TPSA) is 75.2 Å². The fraction of sp³-hybridized carbons (Fsp3) is 0.294. The molecular weight excluding hydrogens is 280 g/mol. The molecule has 5 nitrogen and oxygen atoms in total. The number of carboxylic acids is 1. The second-order valence-electron chi connectivity index (χ2n) is 5.45. The minimum atomic E-state index is -0.950. The van der Waals surface area contributed by atoms with E-state index in [9.17, 15) is 4.79 Å². The van der Waals surface area contributed by atoms with Crippen molar-refractivity contribution in [2.75, 3.05) is 6.61 Å². The summed E-state index contributed by atoms with van der Waals surface area (Å²) in [6, 6.07) is 5.87. The lowest BCUT2D eigenvalue weighted by atomic mass is 9.83. The largest absolute Gasteiger partial charge is 0.482 e. The zero-order valence-corrected chi connectivity index (χ0v) is 12.2. The van der Waals surface area contributed by atoms with Gasteiger partial charge in [0.1, 0.15) is 5.75 Å². The third-order valence-corrected chi connectivity index (χ3v) is 3.90. The Morgan fingerprint density at radius 2 is 2.41 bits per heavy atom. The normalized spacial score (nSPS) is 17.4. The molecule has 1 unspecified atom stereocenters. The maximum absolute atomic E-state index is 10.6. The Balaban J connectivity index is 1.70. The van der Waals surface area contributed by atoms with Crippen molar-refractivity contribution >= 4 is 12.0 Å². The molecule has 0 aliphatic heterocycles. The second-order valence-corrected chi connectivity index (χ2v) is 5.45. The average molecular weight is 298 g/mol. The number of nitrogens with zero attached hydrogens (tertiary/aromatic N) is 1. The van der Waals surface area contributed by atoms with E-state index in [-0.39, 0.29) is 6.61 Å². The Morgan fingerprint density at radius 3 is 3.18 bits per heavy atom. The molecule has 5 heteroatoms. The SMILES string of the molecule is O=C(O)COc1cccc2c1CCC(/C=C/c1cnc[nH]1)C2. The standard InChI is InChI=1S/C17H18N2O3/c20-17(21)10-22-16-3-1-2-13-8-12(5-7-15(13)16)4-6-14-9-18-11-19-14/h1-4,6,9,11-12H,5,7-8,10H2,(H,18,19)(H,20,21)/b6-4+. The molecule has 3 rings (SSSR count). The highest BCUT2D eigenvalue weighted by molar-refractivity contribution is 5.68. The van der Waals surface area contributed by atoms with Gasteiger partial charge in [-0.15, -0.1) is 0 Å². The zero-order valence-electron chi connectivity index (χ0n) is 12.2. The number of imidazole rings is 1. The number of aromatic amines is 1. The van der Waals surface area contributed by atoms with Crippen LogP contribution < -0.4 is 4.74 Å². The van der Waals surface area contributed by atoms with Gasteiger partial charge < -0.3 is 14.8 Å². The first-order valence-electron chi connectivity index (χ1n) is 7.34. The minimum Gasteiger partial charge on any atom is -0.482 e. The van der Waals surface area contributed by atoms with Crippen molar-refractivity contribution in [2.24, 2.45) is 5.92 Å². The maximum Gasteiger partial charge on any atom is 0.341 e. The first-order chi connectivity index (χ1) is 10.7. The number of H-pyrrole nitrogens is 1. The Kier molecular flexibility index (Phi) is 4.23. The first kappa shape index (κ1) is 14.4. The van der Waals surface area contributed by atoms with Gasteiger partial charge in [-0.25, -0.2) is 9.78 Å². The molecule has 0 bridgehead atoms. The van der Waals surface area contributed by atoms with Gasteiger partial charge in [0.25, 0.3) is 0 Å². The molecular formula is C17H18N2O3. The molecule has 1 atom stereocenters. The van der Waals surface area contributed by atoms with Crippen LogP contribution in [0.4, 0.5) is 0 Å². The van der Waals surface area contributed by atoms with E-state index in [1.165, 1.54) is 5.56 Å². The van der Waals surface area contributed by atoms with Gasteiger partial charge in [0, 0.05) is 0 Å². The predicted octanol–water partition coefficient (Wildman–Crippen LogP) is 2.69. The maximum atomic E-state index is 10.6. The van der Waals surface area contributed by atoms with E-state index in [4.69, 9.17) is 9.84 Å². The molecule has 1 aromatic heterocycles. The number of benzene rings is 1. The molecule has 0 amide bonds. The number of aliphatic carboxylic acids is 1. The Bertz CT molecular complexity index is 677. The number of fused-ring (bicyclic) bond motifs is 1. The number of aromatic nitrogens is 2. The monoisotopic (exact) mass is 298 g/mol. The number of carboxylic acid groups (broad SMARTS) is 1. The highest BCUT2D eigenvalue weighted by atomic mass is 16.5. The smallest absolute Gasteiger partial charge is 0.341 e. The number of allylic oxidation sites excluding steroid dienone is 1. The Labute approximate surface area is 128 Å². The zero-order chi connectivity index (χ0) is 15.4. The van der Waals surface area contributed by atoms with Gasteiger partial charge >= 0.3 is 5.97 Å². The van der Waals surface area contributed by atoms with Crippen LogP contribution in [-0.2, 0) is 17.6 Å². The van der Waals surface area contributed by atoms with Gasteiger partial charge in [-0.05, 0) is 48.4 Å². The van der Waals surface area contributed by atoms with Gasteiger partial charge in [0.15, 0.2) is 6.61 Å². The molecule has 0 fully saturated rings. The average Bonchev–Trinajstić information content (AvgIpc) is 3.04. The van der Waals surface area contributed by atoms with E-state index in [0.717, 1.165) is 30.5 Å². The lowest BCUT2D eigenvalue weighted by Gasteiger charge is -2.24. The van der Waals surface area contributed by atoms with E-state index < -0.39 is 5.97 Å². The van der Waals surface area contributed by atoms with Crippen LogP contribution in [0.15, 0.2) is 36.8 Å². The molecule has 1 aromatic carbocycles. The van der Waals surface area contributed by atoms with Crippen molar-refractivity contribution in [3.8, 4) is 5.75 Å². The van der Waals surface area contributed by atoms with Crippen LogP contribution in [0.2, 0.25) is 0 Å². The quantitative estimate of drug-likeness (QED) is 0.890. The summed E-state index contributed by atoms with van der Waals surface area (Å²) in [5.41, 5.74) is 3.40. The van der Waals surface area contributed by atoms with Gasteiger partial charge in [0.05, 0.1) is 18.2 Å². The van der Waals surface area contributed by atoms with Crippen molar-refractivity contribution in [1.29, 1.82) is 0 Å². The van der Waals surface area contributed by atoms with E-state index in [0.29, 0.717) is 11.7 Å². The van der Waals surface area contributed by atoms with Gasteiger partial charge in [-0.3, -0.25) is 0 Å². The van der Waals surface area contributed by atoms with Crippen LogP contribution in [0, 0.1) is 5.92 Å². The third kappa shape index (κ3) is 3.36. The lowest BCUT2D eigenvalue weighted by Crippen LogP contribution is -2.16. The van der Waals surface area contributed by atoms with Crippen LogP contribution in [0.5, 0.6) is 5.75 Å². The van der Waals surface area contributed by atoms with E-state index >= 15 is 0 Å². The molecule has 1 heterocycles. The summed E-state index contributed by atoms with van der Waals surface area (Å²) in [5, 5.41) is 8.74. The summed E-state index contributed by atoms with van der Waals surface area (Å²) in [6.07, 6.45) is 10.6. The molecule has 0 radical (unpaired) electrons. The summed E-state index contributed by atoms with van der Waals surface area (Å²) in [4.78, 5) is 17.7. The minimum absolute atomic E-state index is 0.292. The van der Waals surface area contributed by atoms with Crippen LogP contribution >= 0.6 is 0 Å². The number of ether oxygens (including phenoxy) is 1.